The molecule has 0 saturated carbocycles. The molecule has 5 rings (SSSR count). The number of phenols is 3. The van der Waals surface area contributed by atoms with Crippen LogP contribution < -0.4 is 15.6 Å². The van der Waals surface area contributed by atoms with Crippen LogP contribution in [0.15, 0.2) is 79.3 Å². The Morgan fingerprint density at radius 3 is 2.38 bits per heavy atom. The molecule has 0 amide bonds. The van der Waals surface area contributed by atoms with Gasteiger partial charge in [0.15, 0.2) is 22.4 Å². The fraction of sp³-hybridized carbons (Fsp3) is 0.138. The number of esters is 1. The molecule has 3 aromatic carbocycles. The van der Waals surface area contributed by atoms with Crippen molar-refractivity contribution in [3.05, 3.63) is 92.4 Å². The summed E-state index contributed by atoms with van der Waals surface area (Å²) in [6, 6.07) is 14.3. The number of benzene rings is 3. The molecular weight excluding hydrogens is 508 g/mol. The van der Waals surface area contributed by atoms with Gasteiger partial charge in [-0.25, -0.2) is 0 Å². The lowest BCUT2D eigenvalue weighted by Gasteiger charge is -2.20. The van der Waals surface area contributed by atoms with Crippen LogP contribution in [0.3, 0.4) is 0 Å². The second-order valence-corrected chi connectivity index (χ2v) is 8.72. The molecule has 0 spiro atoms. The van der Waals surface area contributed by atoms with E-state index in [1.807, 2.05) is 0 Å². The summed E-state index contributed by atoms with van der Waals surface area (Å²) in [7, 11) is 2.58. The quantitative estimate of drug-likeness (QED) is 0.212. The number of phenolic OH excluding ortho intramolecular Hbond substituents is 3. The van der Waals surface area contributed by atoms with Gasteiger partial charge in [-0.2, -0.15) is 0 Å². The molecule has 0 fully saturated rings. The first kappa shape index (κ1) is 25.4. The second kappa shape index (κ2) is 9.90. The van der Waals surface area contributed by atoms with Gasteiger partial charge < -0.3 is 33.6 Å². The first-order chi connectivity index (χ1) is 18.7. The van der Waals surface area contributed by atoms with Crippen molar-refractivity contribution in [3.63, 3.8) is 0 Å². The molecule has 0 aliphatic carbocycles. The Bertz CT molecular complexity index is 1850. The summed E-state index contributed by atoms with van der Waals surface area (Å²) in [5.41, 5.74) is -1.25. The van der Waals surface area contributed by atoms with Gasteiger partial charge in [0.1, 0.15) is 28.1 Å². The Morgan fingerprint density at radius 2 is 1.69 bits per heavy atom. The molecule has 2 aromatic heterocycles. The number of fused-ring (bicyclic) bond motifs is 2. The van der Waals surface area contributed by atoms with Crippen LogP contribution in [0.5, 0.6) is 23.0 Å². The standard InChI is InChI=1S/C29H22O10/c1-36-15-8-9-20-17(10-15)25(32)18(13-38-20)16(11-22(31)37-2)23-26(33)28(35)27(34)24-19(30)12-21(39-29(23)24)14-6-4-3-5-7-14/h3-10,12-13,16,33-35H,11H2,1-2H3/t16-/m0/s1. The van der Waals surface area contributed by atoms with E-state index in [0.29, 0.717) is 11.3 Å². The molecule has 39 heavy (non-hydrogen) atoms. The Balaban J connectivity index is 1.88. The van der Waals surface area contributed by atoms with E-state index in [1.165, 1.54) is 13.2 Å². The van der Waals surface area contributed by atoms with E-state index in [2.05, 4.69) is 0 Å². The van der Waals surface area contributed by atoms with Gasteiger partial charge in [0, 0.05) is 28.7 Å². The lowest BCUT2D eigenvalue weighted by molar-refractivity contribution is -0.140. The average Bonchev–Trinajstić information content (AvgIpc) is 2.95. The zero-order chi connectivity index (χ0) is 27.8. The number of methoxy groups -OCH3 is 2. The van der Waals surface area contributed by atoms with E-state index >= 15 is 0 Å². The van der Waals surface area contributed by atoms with Crippen molar-refractivity contribution < 1.29 is 38.4 Å². The topological polar surface area (TPSA) is 157 Å². The third-order valence-electron chi connectivity index (χ3n) is 6.52. The van der Waals surface area contributed by atoms with Crippen molar-refractivity contribution >= 4 is 27.9 Å². The summed E-state index contributed by atoms with van der Waals surface area (Å²) in [6.07, 6.45) is 0.613. The number of rotatable bonds is 6. The number of aromatic hydroxyl groups is 3. The normalized spacial score (nSPS) is 11.9. The van der Waals surface area contributed by atoms with Gasteiger partial charge in [0.05, 0.1) is 32.3 Å². The molecule has 2 heterocycles. The van der Waals surface area contributed by atoms with Gasteiger partial charge in [0.2, 0.25) is 5.75 Å². The lowest BCUT2D eigenvalue weighted by Crippen LogP contribution is -2.19. The number of ether oxygens (including phenoxy) is 2. The van der Waals surface area contributed by atoms with Crippen molar-refractivity contribution in [1.29, 1.82) is 0 Å². The predicted molar refractivity (Wildman–Crippen MR) is 140 cm³/mol. The number of hydrogen-bond donors (Lipinski definition) is 3. The SMILES string of the molecule is COC(=O)C[C@@H](c1coc2ccc(OC)cc2c1=O)c1c(O)c(O)c(O)c2c(=O)cc(-c3ccccc3)oc12. The van der Waals surface area contributed by atoms with Gasteiger partial charge in [-0.15, -0.1) is 0 Å². The second-order valence-electron chi connectivity index (χ2n) is 8.72. The highest BCUT2D eigenvalue weighted by atomic mass is 16.5. The fourth-order valence-electron chi connectivity index (χ4n) is 4.55. The van der Waals surface area contributed by atoms with Gasteiger partial charge >= 0.3 is 5.97 Å². The summed E-state index contributed by atoms with van der Waals surface area (Å²) in [6.45, 7) is 0. The van der Waals surface area contributed by atoms with Crippen LogP contribution in [-0.2, 0) is 9.53 Å². The Morgan fingerprint density at radius 1 is 0.949 bits per heavy atom. The molecule has 0 aliphatic heterocycles. The minimum atomic E-state index is -1.33. The van der Waals surface area contributed by atoms with E-state index in [-0.39, 0.29) is 33.4 Å². The molecule has 0 aliphatic rings. The van der Waals surface area contributed by atoms with Crippen LogP contribution in [0.1, 0.15) is 23.5 Å². The van der Waals surface area contributed by atoms with Crippen LogP contribution in [0.4, 0.5) is 0 Å². The van der Waals surface area contributed by atoms with Crippen molar-refractivity contribution in [2.75, 3.05) is 14.2 Å². The molecule has 0 saturated heterocycles. The minimum Gasteiger partial charge on any atom is -0.504 e. The molecular formula is C29H22O10. The van der Waals surface area contributed by atoms with Crippen molar-refractivity contribution in [3.8, 4) is 34.3 Å². The summed E-state index contributed by atoms with van der Waals surface area (Å²) in [5, 5.41) is 31.9. The zero-order valence-electron chi connectivity index (χ0n) is 20.8. The highest BCUT2D eigenvalue weighted by molar-refractivity contribution is 5.94. The summed E-state index contributed by atoms with van der Waals surface area (Å²) in [4.78, 5) is 39.4. The Hall–Kier alpha value is -5.25. The lowest BCUT2D eigenvalue weighted by atomic mass is 9.86. The summed E-state index contributed by atoms with van der Waals surface area (Å²) in [5.74, 6) is -4.44. The van der Waals surface area contributed by atoms with Crippen LogP contribution in [-0.4, -0.2) is 35.5 Å². The van der Waals surface area contributed by atoms with E-state index in [1.54, 1.807) is 42.5 Å². The molecule has 10 heteroatoms. The van der Waals surface area contributed by atoms with Crippen molar-refractivity contribution in [2.24, 2.45) is 0 Å². The monoisotopic (exact) mass is 530 g/mol. The van der Waals surface area contributed by atoms with Crippen LogP contribution >= 0.6 is 0 Å². The molecule has 1 atom stereocenters. The largest absolute Gasteiger partial charge is 0.504 e. The van der Waals surface area contributed by atoms with Gasteiger partial charge in [-0.05, 0) is 18.2 Å². The van der Waals surface area contributed by atoms with E-state index < -0.39 is 51.8 Å². The highest BCUT2D eigenvalue weighted by Gasteiger charge is 2.33. The molecule has 5 aromatic rings. The first-order valence-corrected chi connectivity index (χ1v) is 11.7. The fourth-order valence-corrected chi connectivity index (χ4v) is 4.55. The predicted octanol–water partition coefficient (Wildman–Crippen LogP) is 4.39. The van der Waals surface area contributed by atoms with Gasteiger partial charge in [-0.1, -0.05) is 30.3 Å². The number of carbonyl (C=O) groups excluding carboxylic acids is 1. The first-order valence-electron chi connectivity index (χ1n) is 11.7. The summed E-state index contributed by atoms with van der Waals surface area (Å²) >= 11 is 0. The molecule has 0 radical (unpaired) electrons. The Kier molecular flexibility index (Phi) is 6.45. The minimum absolute atomic E-state index is 0.0888. The van der Waals surface area contributed by atoms with Crippen LogP contribution in [0.25, 0.3) is 33.3 Å². The number of hydrogen-bond acceptors (Lipinski definition) is 10. The number of carbonyl (C=O) groups is 1. The molecule has 198 valence electrons. The average molecular weight is 530 g/mol. The maximum Gasteiger partial charge on any atom is 0.306 e. The maximum atomic E-state index is 13.7. The Labute approximate surface area is 219 Å². The van der Waals surface area contributed by atoms with Crippen molar-refractivity contribution in [2.45, 2.75) is 12.3 Å². The van der Waals surface area contributed by atoms with E-state index in [0.717, 1.165) is 19.4 Å². The van der Waals surface area contributed by atoms with E-state index in [4.69, 9.17) is 18.3 Å². The van der Waals surface area contributed by atoms with Gasteiger partial charge in [0.25, 0.3) is 0 Å². The zero-order valence-corrected chi connectivity index (χ0v) is 20.8. The van der Waals surface area contributed by atoms with E-state index in [9.17, 15) is 29.7 Å². The third-order valence-corrected chi connectivity index (χ3v) is 6.52. The third kappa shape index (κ3) is 4.31. The van der Waals surface area contributed by atoms with Crippen LogP contribution in [0, 0.1) is 0 Å². The highest BCUT2D eigenvalue weighted by Crippen LogP contribution is 2.49. The molecule has 0 unspecified atom stereocenters. The van der Waals surface area contributed by atoms with Gasteiger partial charge in [-0.3, -0.25) is 14.4 Å². The molecule has 0 bridgehead atoms. The molecule has 3 N–H and O–H groups in total. The summed E-state index contributed by atoms with van der Waals surface area (Å²) < 4.78 is 21.7. The molecule has 10 nitrogen and oxygen atoms in total. The maximum absolute atomic E-state index is 13.7. The smallest absolute Gasteiger partial charge is 0.306 e. The van der Waals surface area contributed by atoms with Crippen molar-refractivity contribution in [1.82, 2.24) is 0 Å². The van der Waals surface area contributed by atoms with Crippen LogP contribution in [0.2, 0.25) is 0 Å².